The number of amides is 1. The van der Waals surface area contributed by atoms with Crippen LogP contribution in [0.1, 0.15) is 21.5 Å². The summed E-state index contributed by atoms with van der Waals surface area (Å²) >= 11 is 0. The molecular formula is C28H28N4O2. The smallest absolute Gasteiger partial charge is 0.251 e. The first kappa shape index (κ1) is 23.1. The molecule has 2 N–H and O–H groups in total. The summed E-state index contributed by atoms with van der Waals surface area (Å²) in [5.41, 5.74) is 7.08. The lowest BCUT2D eigenvalue weighted by Gasteiger charge is -2.14. The van der Waals surface area contributed by atoms with Gasteiger partial charge in [-0.25, -0.2) is 4.98 Å². The maximum Gasteiger partial charge on any atom is 0.251 e. The molecule has 0 fully saturated rings. The van der Waals surface area contributed by atoms with Gasteiger partial charge in [-0.05, 0) is 41.8 Å². The van der Waals surface area contributed by atoms with Crippen LogP contribution in [-0.2, 0) is 6.54 Å². The fraction of sp³-hybridized carbons (Fsp3) is 0.179. The molecule has 172 valence electrons. The molecule has 4 rings (SSSR count). The molecule has 2 heterocycles. The van der Waals surface area contributed by atoms with E-state index >= 15 is 0 Å². The summed E-state index contributed by atoms with van der Waals surface area (Å²) in [6.07, 6.45) is 3.21. The second-order valence-electron chi connectivity index (χ2n) is 7.88. The highest BCUT2D eigenvalue weighted by Crippen LogP contribution is 2.32. The lowest BCUT2D eigenvalue weighted by Crippen LogP contribution is -2.31. The number of carbonyl (C=O) groups is 1. The van der Waals surface area contributed by atoms with Gasteiger partial charge in [-0.15, -0.1) is 0 Å². The van der Waals surface area contributed by atoms with Crippen molar-refractivity contribution >= 4 is 5.91 Å². The van der Waals surface area contributed by atoms with Crippen molar-refractivity contribution in [3.8, 4) is 28.3 Å². The number of carbonyl (C=O) groups excluding carboxylic acids is 1. The number of hydrogen-bond acceptors (Lipinski definition) is 5. The van der Waals surface area contributed by atoms with Crippen LogP contribution in [0.5, 0.6) is 5.88 Å². The molecular weight excluding hydrogens is 424 g/mol. The Morgan fingerprint density at radius 3 is 2.41 bits per heavy atom. The van der Waals surface area contributed by atoms with Gasteiger partial charge in [-0.2, -0.15) is 0 Å². The molecule has 2 aromatic heterocycles. The molecule has 1 amide bonds. The summed E-state index contributed by atoms with van der Waals surface area (Å²) in [6, 6.07) is 24.1. The summed E-state index contributed by atoms with van der Waals surface area (Å²) in [5, 5.41) is 6.23. The van der Waals surface area contributed by atoms with Crippen LogP contribution >= 0.6 is 0 Å². The van der Waals surface area contributed by atoms with E-state index in [2.05, 4.69) is 65.0 Å². The normalized spacial score (nSPS) is 10.6. The van der Waals surface area contributed by atoms with Gasteiger partial charge in [0, 0.05) is 48.7 Å². The van der Waals surface area contributed by atoms with E-state index in [-0.39, 0.29) is 5.91 Å². The SMILES string of the molecule is COc1nc(-c2cccc(-c3ccccc3)c2C)ccc1CNCCNC(=O)c1ccncc1. The molecule has 6 nitrogen and oxygen atoms in total. The third-order valence-electron chi connectivity index (χ3n) is 5.67. The quantitative estimate of drug-likeness (QED) is 0.362. The molecule has 0 aliphatic heterocycles. The summed E-state index contributed by atoms with van der Waals surface area (Å²) in [4.78, 5) is 20.8. The highest BCUT2D eigenvalue weighted by molar-refractivity contribution is 5.93. The predicted octanol–water partition coefficient (Wildman–Crippen LogP) is 4.65. The van der Waals surface area contributed by atoms with Crippen LogP contribution in [0.15, 0.2) is 85.2 Å². The molecule has 0 aliphatic rings. The molecule has 2 aromatic carbocycles. The van der Waals surface area contributed by atoms with E-state index in [0.29, 0.717) is 31.1 Å². The van der Waals surface area contributed by atoms with Crippen molar-refractivity contribution in [2.24, 2.45) is 0 Å². The van der Waals surface area contributed by atoms with Gasteiger partial charge >= 0.3 is 0 Å². The van der Waals surface area contributed by atoms with E-state index < -0.39 is 0 Å². The number of nitrogens with zero attached hydrogens (tertiary/aromatic N) is 2. The number of aromatic nitrogens is 2. The van der Waals surface area contributed by atoms with Crippen LogP contribution in [-0.4, -0.2) is 36.1 Å². The molecule has 0 bridgehead atoms. The minimum atomic E-state index is -0.110. The van der Waals surface area contributed by atoms with Crippen LogP contribution in [0.2, 0.25) is 0 Å². The Morgan fingerprint density at radius 1 is 0.882 bits per heavy atom. The zero-order valence-corrected chi connectivity index (χ0v) is 19.4. The first-order valence-corrected chi connectivity index (χ1v) is 11.3. The number of benzene rings is 2. The van der Waals surface area contributed by atoms with Crippen LogP contribution in [0.4, 0.5) is 0 Å². The predicted molar refractivity (Wildman–Crippen MR) is 135 cm³/mol. The van der Waals surface area contributed by atoms with Crippen LogP contribution < -0.4 is 15.4 Å². The Morgan fingerprint density at radius 2 is 1.65 bits per heavy atom. The Hall–Kier alpha value is -4.03. The monoisotopic (exact) mass is 452 g/mol. The van der Waals surface area contributed by atoms with Crippen molar-refractivity contribution in [1.82, 2.24) is 20.6 Å². The van der Waals surface area contributed by atoms with E-state index in [9.17, 15) is 4.79 Å². The van der Waals surface area contributed by atoms with Gasteiger partial charge in [0.15, 0.2) is 0 Å². The van der Waals surface area contributed by atoms with Crippen molar-refractivity contribution in [1.29, 1.82) is 0 Å². The highest BCUT2D eigenvalue weighted by Gasteiger charge is 2.12. The number of rotatable bonds is 9. The van der Waals surface area contributed by atoms with Crippen LogP contribution in [0, 0.1) is 6.92 Å². The van der Waals surface area contributed by atoms with Crippen molar-refractivity contribution in [3.63, 3.8) is 0 Å². The largest absolute Gasteiger partial charge is 0.481 e. The van der Waals surface area contributed by atoms with Gasteiger partial charge < -0.3 is 15.4 Å². The zero-order chi connectivity index (χ0) is 23.8. The molecule has 4 aromatic rings. The molecule has 0 atom stereocenters. The first-order valence-electron chi connectivity index (χ1n) is 11.3. The van der Waals surface area contributed by atoms with Gasteiger partial charge in [0.2, 0.25) is 5.88 Å². The topological polar surface area (TPSA) is 76.1 Å². The zero-order valence-electron chi connectivity index (χ0n) is 19.4. The summed E-state index contributed by atoms with van der Waals surface area (Å²) < 4.78 is 5.59. The van der Waals surface area contributed by atoms with Crippen molar-refractivity contribution in [2.75, 3.05) is 20.2 Å². The minimum Gasteiger partial charge on any atom is -0.481 e. The number of pyridine rings is 2. The molecule has 0 saturated carbocycles. The maximum atomic E-state index is 12.1. The van der Waals surface area contributed by atoms with E-state index in [0.717, 1.165) is 16.8 Å². The average molecular weight is 453 g/mol. The highest BCUT2D eigenvalue weighted by atomic mass is 16.5. The lowest BCUT2D eigenvalue weighted by molar-refractivity contribution is 0.0953. The number of methoxy groups -OCH3 is 1. The van der Waals surface area contributed by atoms with E-state index in [1.54, 1.807) is 31.6 Å². The van der Waals surface area contributed by atoms with Gasteiger partial charge in [0.05, 0.1) is 12.8 Å². The number of hydrogen-bond donors (Lipinski definition) is 2. The van der Waals surface area contributed by atoms with Gasteiger partial charge in [0.1, 0.15) is 0 Å². The van der Waals surface area contributed by atoms with E-state index in [1.807, 2.05) is 18.2 Å². The molecule has 6 heteroatoms. The van der Waals surface area contributed by atoms with Gasteiger partial charge in [0.25, 0.3) is 5.91 Å². The second-order valence-corrected chi connectivity index (χ2v) is 7.88. The van der Waals surface area contributed by atoms with Gasteiger partial charge in [-0.3, -0.25) is 9.78 Å². The Labute approximate surface area is 200 Å². The number of ether oxygens (including phenoxy) is 1. The third kappa shape index (κ3) is 5.47. The minimum absolute atomic E-state index is 0.110. The third-order valence-corrected chi connectivity index (χ3v) is 5.67. The summed E-state index contributed by atoms with van der Waals surface area (Å²) in [5.74, 6) is 0.483. The second kappa shape index (κ2) is 11.2. The number of nitrogens with one attached hydrogen (secondary N) is 2. The standard InChI is InChI=1S/C28H28N4O2/c1-20-24(21-7-4-3-5-8-21)9-6-10-25(20)26-12-11-23(28(32-26)34-2)19-30-17-18-31-27(33)22-13-15-29-16-14-22/h3-16,30H,17-19H2,1-2H3,(H,31,33). The molecule has 0 spiro atoms. The lowest BCUT2D eigenvalue weighted by atomic mass is 9.94. The molecule has 0 aliphatic carbocycles. The fourth-order valence-corrected chi connectivity index (χ4v) is 3.87. The maximum absolute atomic E-state index is 12.1. The fourth-order valence-electron chi connectivity index (χ4n) is 3.87. The molecule has 0 saturated heterocycles. The van der Waals surface area contributed by atoms with Gasteiger partial charge in [-0.1, -0.05) is 54.6 Å². The Balaban J connectivity index is 1.40. The van der Waals surface area contributed by atoms with Crippen LogP contribution in [0.25, 0.3) is 22.4 Å². The average Bonchev–Trinajstić information content (AvgIpc) is 2.89. The Kier molecular flexibility index (Phi) is 7.63. The van der Waals surface area contributed by atoms with E-state index in [1.165, 1.54) is 16.7 Å². The summed E-state index contributed by atoms with van der Waals surface area (Å²) in [7, 11) is 1.64. The molecule has 34 heavy (non-hydrogen) atoms. The van der Waals surface area contributed by atoms with Crippen molar-refractivity contribution in [3.05, 3.63) is 102 Å². The molecule has 0 radical (unpaired) electrons. The van der Waals surface area contributed by atoms with Crippen molar-refractivity contribution in [2.45, 2.75) is 13.5 Å². The van der Waals surface area contributed by atoms with E-state index in [4.69, 9.17) is 9.72 Å². The summed E-state index contributed by atoms with van der Waals surface area (Å²) in [6.45, 7) is 3.85. The Bertz CT molecular complexity index is 1240. The molecule has 0 unspecified atom stereocenters. The van der Waals surface area contributed by atoms with Crippen LogP contribution in [0.3, 0.4) is 0 Å². The first-order chi connectivity index (χ1) is 16.7. The van der Waals surface area contributed by atoms with Crippen molar-refractivity contribution < 1.29 is 9.53 Å².